The lowest BCUT2D eigenvalue weighted by Crippen LogP contribution is -2.49. The molecule has 0 radical (unpaired) electrons. The molecule has 0 aliphatic carbocycles. The summed E-state index contributed by atoms with van der Waals surface area (Å²) >= 11 is 0. The van der Waals surface area contributed by atoms with Gasteiger partial charge in [-0.2, -0.15) is 0 Å². The van der Waals surface area contributed by atoms with Crippen LogP contribution in [0.2, 0.25) is 0 Å². The van der Waals surface area contributed by atoms with Gasteiger partial charge in [-0.1, -0.05) is 6.07 Å². The van der Waals surface area contributed by atoms with Crippen molar-refractivity contribution in [3.63, 3.8) is 0 Å². The van der Waals surface area contributed by atoms with Gasteiger partial charge in [0.1, 0.15) is 11.6 Å². The van der Waals surface area contributed by atoms with E-state index >= 15 is 0 Å². The van der Waals surface area contributed by atoms with E-state index in [9.17, 15) is 13.9 Å². The Morgan fingerprint density at radius 3 is 2.84 bits per heavy atom. The zero-order valence-corrected chi connectivity index (χ0v) is 11.1. The van der Waals surface area contributed by atoms with Gasteiger partial charge in [0.15, 0.2) is 0 Å². The summed E-state index contributed by atoms with van der Waals surface area (Å²) in [4.78, 5) is 0. The zero-order chi connectivity index (χ0) is 14.0. The average Bonchev–Trinajstić information content (AvgIpc) is 2.67. The van der Waals surface area contributed by atoms with Crippen molar-refractivity contribution in [3.8, 4) is 0 Å². The summed E-state index contributed by atoms with van der Waals surface area (Å²) in [6.07, 6.45) is -0.129. The Kier molecular flexibility index (Phi) is 4.18. The van der Waals surface area contributed by atoms with Crippen molar-refractivity contribution in [1.29, 1.82) is 0 Å². The summed E-state index contributed by atoms with van der Waals surface area (Å²) in [7, 11) is 0. The van der Waals surface area contributed by atoms with Gasteiger partial charge in [-0.15, -0.1) is 0 Å². The molecule has 1 aromatic rings. The van der Waals surface area contributed by atoms with Crippen LogP contribution < -0.4 is 5.32 Å². The summed E-state index contributed by atoms with van der Waals surface area (Å²) < 4.78 is 31.8. The van der Waals surface area contributed by atoms with Gasteiger partial charge >= 0.3 is 0 Å². The molecule has 3 nitrogen and oxygen atoms in total. The quantitative estimate of drug-likeness (QED) is 0.881. The summed E-state index contributed by atoms with van der Waals surface area (Å²) in [5, 5.41) is 13.2. The highest BCUT2D eigenvalue weighted by Gasteiger charge is 2.36. The summed E-state index contributed by atoms with van der Waals surface area (Å²) in [6, 6.07) is 3.19. The average molecular weight is 271 g/mol. The molecule has 2 rings (SSSR count). The van der Waals surface area contributed by atoms with E-state index in [0.717, 1.165) is 18.6 Å². The highest BCUT2D eigenvalue weighted by molar-refractivity contribution is 5.21. The molecule has 3 unspecified atom stereocenters. The van der Waals surface area contributed by atoms with Crippen molar-refractivity contribution in [1.82, 2.24) is 5.32 Å². The number of hydrogen-bond acceptors (Lipinski definition) is 3. The van der Waals surface area contributed by atoms with Crippen LogP contribution in [-0.2, 0) is 4.74 Å². The Morgan fingerprint density at radius 2 is 2.26 bits per heavy atom. The molecule has 0 saturated carbocycles. The first-order valence-electron chi connectivity index (χ1n) is 6.42. The first kappa shape index (κ1) is 14.4. The van der Waals surface area contributed by atoms with Gasteiger partial charge in [0, 0.05) is 30.3 Å². The second-order valence-corrected chi connectivity index (χ2v) is 5.24. The third-order valence-corrected chi connectivity index (χ3v) is 3.91. The predicted molar refractivity (Wildman–Crippen MR) is 67.8 cm³/mol. The smallest absolute Gasteiger partial charge is 0.131 e. The van der Waals surface area contributed by atoms with Crippen LogP contribution in [0.15, 0.2) is 18.2 Å². The van der Waals surface area contributed by atoms with Crippen molar-refractivity contribution >= 4 is 0 Å². The van der Waals surface area contributed by atoms with Crippen LogP contribution in [0.5, 0.6) is 0 Å². The first-order valence-corrected chi connectivity index (χ1v) is 6.42. The molecule has 1 aromatic carbocycles. The standard InChI is InChI=1S/C14H19F2NO2/c1-9-14(2,5-6-19-9)17-8-13(18)11-4-3-10(15)7-12(11)16/h3-4,7,9,13,17-18H,5-6,8H2,1-2H3. The molecule has 0 spiro atoms. The van der Waals surface area contributed by atoms with Crippen molar-refractivity contribution in [2.24, 2.45) is 0 Å². The van der Waals surface area contributed by atoms with Crippen LogP contribution >= 0.6 is 0 Å². The molecule has 1 aliphatic rings. The minimum Gasteiger partial charge on any atom is -0.387 e. The maximum atomic E-state index is 13.5. The van der Waals surface area contributed by atoms with E-state index < -0.39 is 17.7 Å². The Balaban J connectivity index is 1.99. The molecule has 1 fully saturated rings. The minimum atomic E-state index is -1.01. The molecule has 1 saturated heterocycles. The van der Waals surface area contributed by atoms with E-state index in [1.54, 1.807) is 0 Å². The number of benzene rings is 1. The number of nitrogens with one attached hydrogen (secondary N) is 1. The normalized spacial score (nSPS) is 28.6. The fourth-order valence-electron chi connectivity index (χ4n) is 2.28. The number of aliphatic hydroxyl groups is 1. The van der Waals surface area contributed by atoms with E-state index in [-0.39, 0.29) is 23.8 Å². The Labute approximate surface area is 111 Å². The lowest BCUT2D eigenvalue weighted by Gasteiger charge is -2.30. The van der Waals surface area contributed by atoms with E-state index in [1.807, 2.05) is 13.8 Å². The van der Waals surface area contributed by atoms with E-state index in [2.05, 4.69) is 5.32 Å². The number of aliphatic hydroxyl groups excluding tert-OH is 1. The Hall–Kier alpha value is -1.04. The van der Waals surface area contributed by atoms with Gasteiger partial charge in [-0.05, 0) is 26.3 Å². The molecule has 0 bridgehead atoms. The predicted octanol–water partition coefficient (Wildman–Crippen LogP) is 2.16. The van der Waals surface area contributed by atoms with E-state index in [0.29, 0.717) is 6.61 Å². The van der Waals surface area contributed by atoms with Crippen molar-refractivity contribution in [2.75, 3.05) is 13.2 Å². The summed E-state index contributed by atoms with van der Waals surface area (Å²) in [5.41, 5.74) is -0.124. The summed E-state index contributed by atoms with van der Waals surface area (Å²) in [5.74, 6) is -1.37. The van der Waals surface area contributed by atoms with Crippen LogP contribution in [-0.4, -0.2) is 29.9 Å². The van der Waals surface area contributed by atoms with Gasteiger partial charge in [0.2, 0.25) is 0 Å². The monoisotopic (exact) mass is 271 g/mol. The number of ether oxygens (including phenoxy) is 1. The largest absolute Gasteiger partial charge is 0.387 e. The maximum Gasteiger partial charge on any atom is 0.131 e. The number of rotatable bonds is 4. The number of halogens is 2. The van der Waals surface area contributed by atoms with Gasteiger partial charge in [0.05, 0.1) is 12.2 Å². The van der Waals surface area contributed by atoms with E-state index in [4.69, 9.17) is 4.74 Å². The van der Waals surface area contributed by atoms with Crippen molar-refractivity contribution in [2.45, 2.75) is 38.0 Å². The molecule has 0 aromatic heterocycles. The molecular formula is C14H19F2NO2. The van der Waals surface area contributed by atoms with Gasteiger partial charge in [-0.3, -0.25) is 0 Å². The molecule has 3 atom stereocenters. The molecule has 5 heteroatoms. The van der Waals surface area contributed by atoms with Crippen LogP contribution in [0.4, 0.5) is 8.78 Å². The number of β-amino-alcohol motifs (C(OH)–C–C–N with tert-alkyl or cyclic N) is 1. The summed E-state index contributed by atoms with van der Waals surface area (Å²) in [6.45, 7) is 4.85. The topological polar surface area (TPSA) is 41.5 Å². The molecule has 1 aliphatic heterocycles. The van der Waals surface area contributed by atoms with Crippen LogP contribution in [0.1, 0.15) is 31.9 Å². The third kappa shape index (κ3) is 3.11. The molecule has 2 N–H and O–H groups in total. The second-order valence-electron chi connectivity index (χ2n) is 5.24. The first-order chi connectivity index (χ1) is 8.92. The van der Waals surface area contributed by atoms with Crippen molar-refractivity contribution in [3.05, 3.63) is 35.4 Å². The molecule has 19 heavy (non-hydrogen) atoms. The molecule has 0 amide bonds. The SMILES string of the molecule is CC1OCCC1(C)NCC(O)c1ccc(F)cc1F. The lowest BCUT2D eigenvalue weighted by molar-refractivity contribution is 0.0796. The van der Waals surface area contributed by atoms with Gasteiger partial charge in [-0.25, -0.2) is 8.78 Å². The highest BCUT2D eigenvalue weighted by atomic mass is 19.1. The van der Waals surface area contributed by atoms with Gasteiger partial charge < -0.3 is 15.2 Å². The van der Waals surface area contributed by atoms with Crippen LogP contribution in [0.25, 0.3) is 0 Å². The fraction of sp³-hybridized carbons (Fsp3) is 0.571. The third-order valence-electron chi connectivity index (χ3n) is 3.91. The lowest BCUT2D eigenvalue weighted by atomic mass is 9.94. The molecule has 106 valence electrons. The minimum absolute atomic E-state index is 0.0396. The Morgan fingerprint density at radius 1 is 1.53 bits per heavy atom. The molecule has 1 heterocycles. The fourth-order valence-corrected chi connectivity index (χ4v) is 2.28. The van der Waals surface area contributed by atoms with Gasteiger partial charge in [0.25, 0.3) is 0 Å². The molecular weight excluding hydrogens is 252 g/mol. The number of hydrogen-bond donors (Lipinski definition) is 2. The van der Waals surface area contributed by atoms with Crippen molar-refractivity contribution < 1.29 is 18.6 Å². The zero-order valence-electron chi connectivity index (χ0n) is 11.1. The Bertz CT molecular complexity index is 455. The highest BCUT2D eigenvalue weighted by Crippen LogP contribution is 2.26. The van der Waals surface area contributed by atoms with Crippen LogP contribution in [0.3, 0.4) is 0 Å². The van der Waals surface area contributed by atoms with Crippen LogP contribution in [0, 0.1) is 11.6 Å². The second kappa shape index (κ2) is 5.53. The van der Waals surface area contributed by atoms with E-state index in [1.165, 1.54) is 6.07 Å². The maximum absolute atomic E-state index is 13.5.